The summed E-state index contributed by atoms with van der Waals surface area (Å²) in [5.74, 6) is 0.546. The highest BCUT2D eigenvalue weighted by molar-refractivity contribution is 7.17. The van der Waals surface area contributed by atoms with Crippen LogP contribution in [0.15, 0.2) is 33.8 Å². The van der Waals surface area contributed by atoms with Crippen LogP contribution in [0.1, 0.15) is 21.2 Å². The van der Waals surface area contributed by atoms with Crippen LogP contribution >= 0.6 is 22.9 Å². The van der Waals surface area contributed by atoms with E-state index in [2.05, 4.69) is 10.5 Å². The molecule has 1 N–H and O–H groups in total. The summed E-state index contributed by atoms with van der Waals surface area (Å²) in [4.78, 5) is 12.4. The normalized spacial score (nSPS) is 10.9. The molecule has 6 heteroatoms. The average molecular weight is 269 g/mol. The molecule has 17 heavy (non-hydrogen) atoms. The van der Waals surface area contributed by atoms with Crippen molar-refractivity contribution in [2.45, 2.75) is 6.92 Å². The molecule has 0 radical (unpaired) electrons. The van der Waals surface area contributed by atoms with E-state index in [4.69, 9.17) is 16.0 Å². The summed E-state index contributed by atoms with van der Waals surface area (Å²) >= 11 is 7.14. The van der Waals surface area contributed by atoms with Crippen LogP contribution in [0.2, 0.25) is 4.34 Å². The van der Waals surface area contributed by atoms with E-state index in [1.165, 1.54) is 17.6 Å². The maximum absolute atomic E-state index is 11.5. The molecule has 4 nitrogen and oxygen atoms in total. The van der Waals surface area contributed by atoms with E-state index < -0.39 is 0 Å². The lowest BCUT2D eigenvalue weighted by Crippen LogP contribution is -2.16. The zero-order valence-electron chi connectivity index (χ0n) is 8.94. The number of aryl methyl sites for hydroxylation is 1. The third-order valence-electron chi connectivity index (χ3n) is 1.92. The van der Waals surface area contributed by atoms with Crippen molar-refractivity contribution in [1.82, 2.24) is 5.43 Å². The van der Waals surface area contributed by atoms with Gasteiger partial charge >= 0.3 is 5.91 Å². The van der Waals surface area contributed by atoms with E-state index in [0.29, 0.717) is 10.1 Å². The Morgan fingerprint density at radius 1 is 1.47 bits per heavy atom. The van der Waals surface area contributed by atoms with Gasteiger partial charge in [-0.25, -0.2) is 5.43 Å². The van der Waals surface area contributed by atoms with Crippen LogP contribution in [-0.4, -0.2) is 12.1 Å². The Kier molecular flexibility index (Phi) is 3.61. The highest BCUT2D eigenvalue weighted by Gasteiger charge is 2.07. The fourth-order valence-electron chi connectivity index (χ4n) is 1.16. The van der Waals surface area contributed by atoms with Crippen molar-refractivity contribution in [2.75, 3.05) is 0 Å². The molecule has 0 aliphatic rings. The zero-order valence-corrected chi connectivity index (χ0v) is 10.5. The van der Waals surface area contributed by atoms with Gasteiger partial charge in [0.15, 0.2) is 5.76 Å². The summed E-state index contributed by atoms with van der Waals surface area (Å²) in [5.41, 5.74) is 2.37. The molecule has 1 amide bonds. The number of furan rings is 1. The number of halogens is 1. The number of rotatable bonds is 3. The first kappa shape index (κ1) is 11.9. The second-order valence-corrected chi connectivity index (χ2v) is 5.00. The van der Waals surface area contributed by atoms with E-state index in [0.717, 1.165) is 4.88 Å². The molecule has 0 bridgehead atoms. The highest BCUT2D eigenvalue weighted by atomic mass is 35.5. The van der Waals surface area contributed by atoms with Gasteiger partial charge in [-0.05, 0) is 31.2 Å². The Hall–Kier alpha value is -1.59. The van der Waals surface area contributed by atoms with Crippen LogP contribution in [0.5, 0.6) is 0 Å². The smallest absolute Gasteiger partial charge is 0.307 e. The maximum atomic E-state index is 11.5. The summed E-state index contributed by atoms with van der Waals surface area (Å²) in [6, 6.07) is 6.91. The summed E-state index contributed by atoms with van der Waals surface area (Å²) in [6.45, 7) is 1.77. The molecular weight excluding hydrogens is 260 g/mol. The Bertz CT molecular complexity index is 559. The first-order valence-corrected chi connectivity index (χ1v) is 6.00. The van der Waals surface area contributed by atoms with Gasteiger partial charge in [0.05, 0.1) is 10.6 Å². The fourth-order valence-corrected chi connectivity index (χ4v) is 2.10. The molecule has 0 fully saturated rings. The number of nitrogens with zero attached hydrogens (tertiary/aromatic N) is 1. The van der Waals surface area contributed by atoms with E-state index in [1.807, 2.05) is 6.07 Å². The largest absolute Gasteiger partial charge is 0.456 e. The molecule has 0 aliphatic heterocycles. The number of hydrogen-bond acceptors (Lipinski definition) is 4. The minimum Gasteiger partial charge on any atom is -0.456 e. The van der Waals surface area contributed by atoms with Gasteiger partial charge in [-0.2, -0.15) is 5.10 Å². The minimum atomic E-state index is -0.378. The number of nitrogens with one attached hydrogen (secondary N) is 1. The number of hydrogen-bond donors (Lipinski definition) is 1. The zero-order chi connectivity index (χ0) is 12.3. The number of carbonyl (C=O) groups is 1. The van der Waals surface area contributed by atoms with Crippen molar-refractivity contribution in [3.05, 3.63) is 45.0 Å². The molecule has 88 valence electrons. The van der Waals surface area contributed by atoms with Crippen LogP contribution in [-0.2, 0) is 0 Å². The van der Waals surface area contributed by atoms with Crippen LogP contribution in [0.4, 0.5) is 0 Å². The number of carbonyl (C=O) groups excluding carboxylic acids is 1. The van der Waals surface area contributed by atoms with Crippen molar-refractivity contribution < 1.29 is 9.21 Å². The first-order chi connectivity index (χ1) is 8.15. The number of amides is 1. The van der Waals surface area contributed by atoms with E-state index in [9.17, 15) is 4.79 Å². The van der Waals surface area contributed by atoms with Gasteiger partial charge in [-0.3, -0.25) is 4.79 Å². The standard InChI is InChI=1S/C11H9ClN2O2S/c1-7-2-4-9(16-7)11(15)14-13-6-8-3-5-10(12)17-8/h2-6H,1H3,(H,14,15)/b13-6+. The van der Waals surface area contributed by atoms with Crippen LogP contribution in [0, 0.1) is 6.92 Å². The summed E-state index contributed by atoms with van der Waals surface area (Å²) in [7, 11) is 0. The lowest BCUT2D eigenvalue weighted by molar-refractivity contribution is 0.0926. The van der Waals surface area contributed by atoms with Gasteiger partial charge in [0.25, 0.3) is 0 Å². The van der Waals surface area contributed by atoms with Crippen molar-refractivity contribution in [1.29, 1.82) is 0 Å². The van der Waals surface area contributed by atoms with Crippen molar-refractivity contribution in [2.24, 2.45) is 5.10 Å². The Morgan fingerprint density at radius 3 is 2.88 bits per heavy atom. The lowest BCUT2D eigenvalue weighted by Gasteiger charge is -1.94. The number of hydrazone groups is 1. The molecule has 0 aliphatic carbocycles. The third kappa shape index (κ3) is 3.18. The summed E-state index contributed by atoms with van der Waals surface area (Å²) in [5, 5.41) is 3.81. The maximum Gasteiger partial charge on any atom is 0.307 e. The molecule has 0 aromatic carbocycles. The highest BCUT2D eigenvalue weighted by Crippen LogP contribution is 2.19. The predicted molar refractivity (Wildman–Crippen MR) is 67.8 cm³/mol. The van der Waals surface area contributed by atoms with Crippen LogP contribution in [0.3, 0.4) is 0 Å². The number of thiophene rings is 1. The SMILES string of the molecule is Cc1ccc(C(=O)N/N=C/c2ccc(Cl)s2)o1. The van der Waals surface area contributed by atoms with E-state index >= 15 is 0 Å². The molecule has 2 aromatic rings. The van der Waals surface area contributed by atoms with Gasteiger partial charge in [0.1, 0.15) is 5.76 Å². The topological polar surface area (TPSA) is 54.6 Å². The monoisotopic (exact) mass is 268 g/mol. The van der Waals surface area contributed by atoms with Gasteiger partial charge < -0.3 is 4.42 Å². The molecule has 0 unspecified atom stereocenters. The molecule has 0 spiro atoms. The van der Waals surface area contributed by atoms with E-state index in [1.54, 1.807) is 25.1 Å². The fraction of sp³-hybridized carbons (Fsp3) is 0.0909. The van der Waals surface area contributed by atoms with Crippen molar-refractivity contribution in [3.8, 4) is 0 Å². The first-order valence-electron chi connectivity index (χ1n) is 4.80. The Balaban J connectivity index is 1.94. The molecule has 0 saturated heterocycles. The van der Waals surface area contributed by atoms with Crippen LogP contribution in [0.25, 0.3) is 0 Å². The Morgan fingerprint density at radius 2 is 2.29 bits per heavy atom. The lowest BCUT2D eigenvalue weighted by atomic mass is 10.4. The molecular formula is C11H9ClN2O2S. The van der Waals surface area contributed by atoms with Gasteiger partial charge in [0.2, 0.25) is 0 Å². The third-order valence-corrected chi connectivity index (χ3v) is 3.08. The molecule has 2 heterocycles. The minimum absolute atomic E-state index is 0.240. The van der Waals surface area contributed by atoms with Gasteiger partial charge in [-0.15, -0.1) is 11.3 Å². The molecule has 0 atom stereocenters. The van der Waals surface area contributed by atoms with Crippen molar-refractivity contribution >= 4 is 35.1 Å². The van der Waals surface area contributed by atoms with Gasteiger partial charge in [-0.1, -0.05) is 11.6 Å². The second-order valence-electron chi connectivity index (χ2n) is 3.25. The van der Waals surface area contributed by atoms with Gasteiger partial charge in [0, 0.05) is 4.88 Å². The molecule has 2 aromatic heterocycles. The summed E-state index contributed by atoms with van der Waals surface area (Å²) < 4.78 is 5.83. The second kappa shape index (κ2) is 5.16. The quantitative estimate of drug-likeness (QED) is 0.687. The van der Waals surface area contributed by atoms with E-state index in [-0.39, 0.29) is 11.7 Å². The summed E-state index contributed by atoms with van der Waals surface area (Å²) in [6.07, 6.45) is 1.53. The molecule has 0 saturated carbocycles. The van der Waals surface area contributed by atoms with Crippen LogP contribution < -0.4 is 5.43 Å². The Labute approximate surface area is 107 Å². The average Bonchev–Trinajstić information content (AvgIpc) is 2.88. The van der Waals surface area contributed by atoms with Crippen molar-refractivity contribution in [3.63, 3.8) is 0 Å². The predicted octanol–water partition coefficient (Wildman–Crippen LogP) is 3.07. The molecule has 2 rings (SSSR count).